The molecule has 1 aromatic heterocycles. The third-order valence-corrected chi connectivity index (χ3v) is 6.76. The van der Waals surface area contributed by atoms with Crippen molar-refractivity contribution in [2.75, 3.05) is 23.7 Å². The second-order valence-electron chi connectivity index (χ2n) is 9.56. The predicted octanol–water partition coefficient (Wildman–Crippen LogP) is 7.47. The number of pyridine rings is 1. The van der Waals surface area contributed by atoms with Crippen LogP contribution in [0.25, 0.3) is 16.5 Å². The molecule has 2 heterocycles. The van der Waals surface area contributed by atoms with E-state index in [-0.39, 0.29) is 5.92 Å². The minimum absolute atomic E-state index is 0.218. The Morgan fingerprint density at radius 1 is 1.26 bits per heavy atom. The van der Waals surface area contributed by atoms with E-state index in [2.05, 4.69) is 68.6 Å². The summed E-state index contributed by atoms with van der Waals surface area (Å²) < 4.78 is 0. The zero-order valence-electron chi connectivity index (χ0n) is 21.4. The third-order valence-electron chi connectivity index (χ3n) is 6.76. The molecule has 0 bridgehead atoms. The van der Waals surface area contributed by atoms with E-state index in [4.69, 9.17) is 16.0 Å². The van der Waals surface area contributed by atoms with Crippen LogP contribution >= 0.6 is 0 Å². The largest absolute Gasteiger partial charge is 0.398 e. The summed E-state index contributed by atoms with van der Waals surface area (Å²) in [6.07, 6.45) is 3.85. The number of benzene rings is 2. The number of rotatable bonds is 6. The maximum absolute atomic E-state index is 7.32. The lowest BCUT2D eigenvalue weighted by Crippen LogP contribution is -2.20. The average Bonchev–Trinajstić information content (AvgIpc) is 3.27. The molecule has 4 rings (SSSR count). The van der Waals surface area contributed by atoms with Crippen LogP contribution < -0.4 is 10.6 Å². The molecule has 2 N–H and O–H groups in total. The van der Waals surface area contributed by atoms with Gasteiger partial charge in [0.15, 0.2) is 0 Å². The number of aryl methyl sites for hydroxylation is 1. The number of fused-ring (bicyclic) bond motifs is 1. The molecule has 0 radical (unpaired) electrons. The maximum Gasteiger partial charge on any atom is 0.129 e. The number of anilines is 2. The summed E-state index contributed by atoms with van der Waals surface area (Å²) in [7, 11) is 0. The van der Waals surface area contributed by atoms with Gasteiger partial charge in [-0.2, -0.15) is 5.26 Å². The minimum atomic E-state index is 0.218. The van der Waals surface area contributed by atoms with Crippen molar-refractivity contribution in [2.24, 2.45) is 5.92 Å². The van der Waals surface area contributed by atoms with Gasteiger partial charge in [-0.3, -0.25) is 0 Å². The van der Waals surface area contributed by atoms with Crippen LogP contribution in [0.5, 0.6) is 0 Å². The Balaban J connectivity index is 0.00000103. The summed E-state index contributed by atoms with van der Waals surface area (Å²) in [5.41, 5.74) is 13.9. The second-order valence-corrected chi connectivity index (χ2v) is 9.56. The molecule has 3 aromatic rings. The fraction of sp³-hybridized carbons (Fsp3) is 0.400. The van der Waals surface area contributed by atoms with Gasteiger partial charge in [0.1, 0.15) is 5.82 Å². The Morgan fingerprint density at radius 2 is 2.00 bits per heavy atom. The van der Waals surface area contributed by atoms with Crippen LogP contribution in [0.3, 0.4) is 0 Å². The van der Waals surface area contributed by atoms with Crippen molar-refractivity contribution >= 4 is 28.0 Å². The van der Waals surface area contributed by atoms with Gasteiger partial charge in [0.2, 0.25) is 0 Å². The van der Waals surface area contributed by atoms with E-state index in [1.165, 1.54) is 48.3 Å². The second kappa shape index (κ2) is 11.2. The highest BCUT2D eigenvalue weighted by atomic mass is 15.2. The van der Waals surface area contributed by atoms with Gasteiger partial charge in [-0.1, -0.05) is 44.5 Å². The first-order valence-electron chi connectivity index (χ1n) is 12.3. The molecule has 2 aromatic carbocycles. The normalized spacial score (nSPS) is 16.0. The van der Waals surface area contributed by atoms with Crippen molar-refractivity contribution in [3.05, 3.63) is 71.3 Å². The molecule has 1 fully saturated rings. The van der Waals surface area contributed by atoms with E-state index in [9.17, 15) is 0 Å². The number of hydrogen-bond donors (Lipinski definition) is 1. The van der Waals surface area contributed by atoms with Crippen LogP contribution in [-0.2, 0) is 0 Å². The summed E-state index contributed by atoms with van der Waals surface area (Å²) in [6.45, 7) is 16.5. The first-order valence-corrected chi connectivity index (χ1v) is 12.3. The summed E-state index contributed by atoms with van der Waals surface area (Å²) in [5.74, 6) is 2.13. The number of allylic oxidation sites excluding steroid dienone is 1. The molecule has 178 valence electrons. The number of nitriles is 1. The van der Waals surface area contributed by atoms with Gasteiger partial charge in [-0.25, -0.2) is 4.98 Å². The van der Waals surface area contributed by atoms with E-state index in [1.54, 1.807) is 6.07 Å². The van der Waals surface area contributed by atoms with Gasteiger partial charge in [-0.05, 0) is 85.2 Å². The van der Waals surface area contributed by atoms with Gasteiger partial charge in [0, 0.05) is 37.0 Å². The highest BCUT2D eigenvalue weighted by Gasteiger charge is 2.23. The highest BCUT2D eigenvalue weighted by molar-refractivity contribution is 5.85. The summed E-state index contributed by atoms with van der Waals surface area (Å²) in [5, 5.41) is 8.53. The molecule has 2 unspecified atom stereocenters. The molecule has 0 spiro atoms. The maximum atomic E-state index is 7.32. The zero-order valence-corrected chi connectivity index (χ0v) is 21.4. The average molecular weight is 455 g/mol. The van der Waals surface area contributed by atoms with Gasteiger partial charge >= 0.3 is 0 Å². The lowest BCUT2D eigenvalue weighted by atomic mass is 9.88. The standard InChI is InChI=1S/C28H35N3.C2H3N/c1-6-7-21-12-13-31(17-21)27-11-9-23-14-19(4)15-25(28(23)30-27)20(5)22-8-10-26(29)24(16-22)18(2)3;1-2-3/h8-11,14-16,20-21H,2,6-7,12-13,17,29H2,1,3-5H3;1H3. The topological polar surface area (TPSA) is 65.9 Å². The first kappa shape index (κ1) is 25.3. The van der Waals surface area contributed by atoms with Crippen LogP contribution in [0, 0.1) is 24.2 Å². The molecule has 0 saturated carbocycles. The molecule has 4 nitrogen and oxygen atoms in total. The molecule has 4 heteroatoms. The summed E-state index contributed by atoms with van der Waals surface area (Å²) >= 11 is 0. The summed E-state index contributed by atoms with van der Waals surface area (Å²) in [6, 6.07) is 17.1. The molecular weight excluding hydrogens is 416 g/mol. The van der Waals surface area contributed by atoms with Crippen LogP contribution in [-0.4, -0.2) is 18.1 Å². The van der Waals surface area contributed by atoms with E-state index >= 15 is 0 Å². The van der Waals surface area contributed by atoms with Crippen molar-refractivity contribution in [1.82, 2.24) is 4.98 Å². The lowest BCUT2D eigenvalue weighted by Gasteiger charge is -2.21. The Hall–Kier alpha value is -3.32. The molecule has 34 heavy (non-hydrogen) atoms. The summed E-state index contributed by atoms with van der Waals surface area (Å²) in [4.78, 5) is 7.67. The smallest absolute Gasteiger partial charge is 0.129 e. The van der Waals surface area contributed by atoms with Crippen molar-refractivity contribution < 1.29 is 0 Å². The van der Waals surface area contributed by atoms with Crippen LogP contribution in [0.1, 0.15) is 75.1 Å². The Morgan fingerprint density at radius 3 is 2.68 bits per heavy atom. The number of aromatic nitrogens is 1. The van der Waals surface area contributed by atoms with Crippen molar-refractivity contribution in [2.45, 2.75) is 59.8 Å². The monoisotopic (exact) mass is 454 g/mol. The van der Waals surface area contributed by atoms with E-state index in [0.29, 0.717) is 0 Å². The number of nitrogens with zero attached hydrogens (tertiary/aromatic N) is 3. The van der Waals surface area contributed by atoms with Crippen LogP contribution in [0.4, 0.5) is 11.5 Å². The van der Waals surface area contributed by atoms with E-state index < -0.39 is 0 Å². The quantitative estimate of drug-likeness (QED) is 0.392. The van der Waals surface area contributed by atoms with Crippen molar-refractivity contribution in [1.29, 1.82) is 5.26 Å². The molecule has 1 saturated heterocycles. The van der Waals surface area contributed by atoms with Crippen LogP contribution in [0.2, 0.25) is 0 Å². The molecule has 2 atom stereocenters. The van der Waals surface area contributed by atoms with Crippen molar-refractivity contribution in [3.63, 3.8) is 0 Å². The van der Waals surface area contributed by atoms with Crippen LogP contribution in [0.15, 0.2) is 49.0 Å². The van der Waals surface area contributed by atoms with Gasteiger partial charge in [0.05, 0.1) is 11.6 Å². The number of nitrogen functional groups attached to an aromatic ring is 1. The molecule has 1 aliphatic rings. The first-order chi connectivity index (χ1) is 16.3. The van der Waals surface area contributed by atoms with Gasteiger partial charge in [0.25, 0.3) is 0 Å². The fourth-order valence-electron chi connectivity index (χ4n) is 4.99. The van der Waals surface area contributed by atoms with E-state index in [1.807, 2.05) is 13.0 Å². The SMILES string of the molecule is C=C(C)c1cc(C(C)c2cc(C)cc3ccc(N4CCC(CCC)C4)nc23)ccc1N.CC#N. The number of hydrogen-bond acceptors (Lipinski definition) is 4. The lowest BCUT2D eigenvalue weighted by molar-refractivity contribution is 0.529. The zero-order chi connectivity index (χ0) is 24.8. The molecule has 1 aliphatic heterocycles. The van der Waals surface area contributed by atoms with Gasteiger partial charge in [-0.15, -0.1) is 0 Å². The predicted molar refractivity (Wildman–Crippen MR) is 146 cm³/mol. The third kappa shape index (κ3) is 5.59. The van der Waals surface area contributed by atoms with E-state index in [0.717, 1.165) is 47.2 Å². The number of nitrogens with two attached hydrogens (primary N) is 1. The highest BCUT2D eigenvalue weighted by Crippen LogP contribution is 2.35. The molecule has 0 aliphatic carbocycles. The fourth-order valence-corrected chi connectivity index (χ4v) is 4.99. The minimum Gasteiger partial charge on any atom is -0.398 e. The van der Waals surface area contributed by atoms with Crippen molar-refractivity contribution in [3.8, 4) is 6.07 Å². The van der Waals surface area contributed by atoms with Gasteiger partial charge < -0.3 is 10.6 Å². The molecule has 0 amide bonds. The Labute approximate surface area is 205 Å². The molecular formula is C30H38N4. The Kier molecular flexibility index (Phi) is 8.34. The Bertz CT molecular complexity index is 1200.